The number of aliphatic hydroxyl groups is 1. The summed E-state index contributed by atoms with van der Waals surface area (Å²) in [6.45, 7) is 6.32. The Balaban J connectivity index is 3.94. The lowest BCUT2D eigenvalue weighted by Crippen LogP contribution is -2.46. The van der Waals surface area contributed by atoms with E-state index in [0.717, 1.165) is 0 Å². The third kappa shape index (κ3) is 5.04. The zero-order chi connectivity index (χ0) is 11.2. The molecule has 14 heavy (non-hydrogen) atoms. The van der Waals surface area contributed by atoms with E-state index in [1.54, 1.807) is 0 Å². The molecular formula is C9H19NO4. The second-order valence-electron chi connectivity index (χ2n) is 3.94. The SMILES string of the molecule is CC(C)(C)N(CCOCCO)C(=O)O. The zero-order valence-corrected chi connectivity index (χ0v) is 8.99. The number of carboxylic acid groups (broad SMARTS) is 1. The van der Waals surface area contributed by atoms with E-state index in [2.05, 4.69) is 0 Å². The molecule has 0 heterocycles. The average Bonchev–Trinajstić information content (AvgIpc) is 2.01. The molecule has 1 amide bonds. The van der Waals surface area contributed by atoms with E-state index in [0.29, 0.717) is 13.2 Å². The van der Waals surface area contributed by atoms with Crippen LogP contribution in [0.1, 0.15) is 20.8 Å². The van der Waals surface area contributed by atoms with Crippen molar-refractivity contribution in [1.82, 2.24) is 4.90 Å². The van der Waals surface area contributed by atoms with Gasteiger partial charge in [0.05, 0.1) is 19.8 Å². The van der Waals surface area contributed by atoms with E-state index < -0.39 is 11.6 Å². The summed E-state index contributed by atoms with van der Waals surface area (Å²) in [5.41, 5.74) is -0.422. The minimum absolute atomic E-state index is 0.0391. The van der Waals surface area contributed by atoms with Gasteiger partial charge in [-0.05, 0) is 20.8 Å². The summed E-state index contributed by atoms with van der Waals surface area (Å²) < 4.78 is 5.00. The van der Waals surface area contributed by atoms with Crippen LogP contribution >= 0.6 is 0 Å². The van der Waals surface area contributed by atoms with Gasteiger partial charge in [-0.25, -0.2) is 4.79 Å². The summed E-state index contributed by atoms with van der Waals surface area (Å²) in [5.74, 6) is 0. The summed E-state index contributed by atoms with van der Waals surface area (Å²) in [6.07, 6.45) is -0.954. The molecule has 84 valence electrons. The monoisotopic (exact) mass is 205 g/mol. The molecule has 0 aliphatic rings. The number of hydrogen-bond donors (Lipinski definition) is 2. The number of hydrogen-bond acceptors (Lipinski definition) is 3. The molecule has 0 saturated heterocycles. The highest BCUT2D eigenvalue weighted by Crippen LogP contribution is 2.12. The van der Waals surface area contributed by atoms with Crippen LogP contribution in [0.5, 0.6) is 0 Å². The highest BCUT2D eigenvalue weighted by Gasteiger charge is 2.25. The number of aliphatic hydroxyl groups excluding tert-OH is 1. The van der Waals surface area contributed by atoms with Crippen LogP contribution in [0, 0.1) is 0 Å². The molecule has 0 aliphatic carbocycles. The van der Waals surface area contributed by atoms with E-state index in [1.807, 2.05) is 20.8 Å². The second-order valence-corrected chi connectivity index (χ2v) is 3.94. The molecule has 0 spiro atoms. The normalized spacial score (nSPS) is 11.4. The minimum Gasteiger partial charge on any atom is -0.465 e. The molecule has 0 aliphatic heterocycles. The largest absolute Gasteiger partial charge is 0.465 e. The maximum Gasteiger partial charge on any atom is 0.407 e. The quantitative estimate of drug-likeness (QED) is 0.650. The van der Waals surface area contributed by atoms with Gasteiger partial charge in [0.1, 0.15) is 0 Å². The van der Waals surface area contributed by atoms with Gasteiger partial charge < -0.3 is 19.8 Å². The lowest BCUT2D eigenvalue weighted by molar-refractivity contribution is 0.0483. The van der Waals surface area contributed by atoms with Gasteiger partial charge in [0.25, 0.3) is 0 Å². The molecule has 0 unspecified atom stereocenters. The van der Waals surface area contributed by atoms with E-state index in [-0.39, 0.29) is 13.2 Å². The Morgan fingerprint density at radius 3 is 2.29 bits per heavy atom. The van der Waals surface area contributed by atoms with Gasteiger partial charge in [0.15, 0.2) is 0 Å². The molecule has 0 fully saturated rings. The smallest absolute Gasteiger partial charge is 0.407 e. The van der Waals surface area contributed by atoms with Gasteiger partial charge in [-0.1, -0.05) is 0 Å². The fourth-order valence-corrected chi connectivity index (χ4v) is 1.04. The summed E-state index contributed by atoms with van der Waals surface area (Å²) in [4.78, 5) is 12.1. The number of rotatable bonds is 5. The Bertz CT molecular complexity index is 176. The number of amides is 1. The van der Waals surface area contributed by atoms with Crippen LogP contribution in [0.2, 0.25) is 0 Å². The van der Waals surface area contributed by atoms with Crippen molar-refractivity contribution in [2.75, 3.05) is 26.4 Å². The molecule has 2 N–H and O–H groups in total. The summed E-state index contributed by atoms with van der Waals surface area (Å²) in [5, 5.41) is 17.3. The molecule has 0 aromatic heterocycles. The summed E-state index contributed by atoms with van der Waals surface area (Å²) in [7, 11) is 0. The first-order valence-electron chi connectivity index (χ1n) is 4.58. The molecule has 5 nitrogen and oxygen atoms in total. The maximum atomic E-state index is 10.8. The molecule has 0 aromatic carbocycles. The van der Waals surface area contributed by atoms with Gasteiger partial charge in [0.2, 0.25) is 0 Å². The topological polar surface area (TPSA) is 70.0 Å². The third-order valence-electron chi connectivity index (χ3n) is 1.74. The Labute approximate surface area is 84.3 Å². The van der Waals surface area contributed by atoms with Crippen molar-refractivity contribution < 1.29 is 19.7 Å². The van der Waals surface area contributed by atoms with E-state index >= 15 is 0 Å². The molecule has 0 bridgehead atoms. The van der Waals surface area contributed by atoms with E-state index in [9.17, 15) is 4.79 Å². The minimum atomic E-state index is -0.954. The molecule has 0 saturated carbocycles. The standard InChI is InChI=1S/C9H19NO4/c1-9(2,3)10(8(12)13)4-6-14-7-5-11/h11H,4-7H2,1-3H3,(H,12,13). The highest BCUT2D eigenvalue weighted by atomic mass is 16.5. The number of carbonyl (C=O) groups is 1. The van der Waals surface area contributed by atoms with Crippen LogP contribution in [0.4, 0.5) is 4.79 Å². The highest BCUT2D eigenvalue weighted by molar-refractivity contribution is 5.65. The Morgan fingerprint density at radius 2 is 1.93 bits per heavy atom. The first-order chi connectivity index (χ1) is 6.39. The van der Waals surface area contributed by atoms with Crippen molar-refractivity contribution in [2.45, 2.75) is 26.3 Å². The molecule has 5 heteroatoms. The van der Waals surface area contributed by atoms with Gasteiger partial charge in [-0.2, -0.15) is 0 Å². The van der Waals surface area contributed by atoms with E-state index in [4.69, 9.17) is 14.9 Å². The fourth-order valence-electron chi connectivity index (χ4n) is 1.04. The molecule has 0 radical (unpaired) electrons. The van der Waals surface area contributed by atoms with Crippen LogP contribution in [0.25, 0.3) is 0 Å². The predicted octanol–water partition coefficient (Wildman–Crippen LogP) is 0.774. The van der Waals surface area contributed by atoms with Gasteiger partial charge >= 0.3 is 6.09 Å². The third-order valence-corrected chi connectivity index (χ3v) is 1.74. The lowest BCUT2D eigenvalue weighted by Gasteiger charge is -2.32. The van der Waals surface area contributed by atoms with Crippen LogP contribution in [-0.2, 0) is 4.74 Å². The zero-order valence-electron chi connectivity index (χ0n) is 8.99. The second kappa shape index (κ2) is 5.82. The molecule has 0 atom stereocenters. The lowest BCUT2D eigenvalue weighted by atomic mass is 10.1. The van der Waals surface area contributed by atoms with Crippen molar-refractivity contribution in [3.8, 4) is 0 Å². The van der Waals surface area contributed by atoms with Crippen molar-refractivity contribution in [3.63, 3.8) is 0 Å². The van der Waals surface area contributed by atoms with Gasteiger partial charge in [-0.3, -0.25) is 0 Å². The van der Waals surface area contributed by atoms with Crippen LogP contribution < -0.4 is 0 Å². The molecular weight excluding hydrogens is 186 g/mol. The average molecular weight is 205 g/mol. The summed E-state index contributed by atoms with van der Waals surface area (Å²) >= 11 is 0. The fraction of sp³-hybridized carbons (Fsp3) is 0.889. The van der Waals surface area contributed by atoms with Crippen LogP contribution in [0.3, 0.4) is 0 Å². The van der Waals surface area contributed by atoms with Crippen LogP contribution in [0.15, 0.2) is 0 Å². The molecule has 0 aromatic rings. The Kier molecular flexibility index (Phi) is 5.49. The van der Waals surface area contributed by atoms with Crippen molar-refractivity contribution in [2.24, 2.45) is 0 Å². The Hall–Kier alpha value is -0.810. The number of nitrogens with zero attached hydrogens (tertiary/aromatic N) is 1. The van der Waals surface area contributed by atoms with Crippen molar-refractivity contribution >= 4 is 6.09 Å². The van der Waals surface area contributed by atoms with Gasteiger partial charge in [-0.15, -0.1) is 0 Å². The van der Waals surface area contributed by atoms with Gasteiger partial charge in [0, 0.05) is 12.1 Å². The van der Waals surface area contributed by atoms with E-state index in [1.165, 1.54) is 4.90 Å². The van der Waals surface area contributed by atoms with Crippen LogP contribution in [-0.4, -0.2) is 53.1 Å². The number of ether oxygens (including phenoxy) is 1. The maximum absolute atomic E-state index is 10.8. The first-order valence-corrected chi connectivity index (χ1v) is 4.58. The first kappa shape index (κ1) is 13.2. The Morgan fingerprint density at radius 1 is 1.36 bits per heavy atom. The summed E-state index contributed by atoms with van der Waals surface area (Å²) in [6, 6.07) is 0. The predicted molar refractivity (Wildman–Crippen MR) is 52.4 cm³/mol. The van der Waals surface area contributed by atoms with Crippen molar-refractivity contribution in [1.29, 1.82) is 0 Å². The van der Waals surface area contributed by atoms with Crippen molar-refractivity contribution in [3.05, 3.63) is 0 Å². The molecule has 0 rings (SSSR count).